The molecule has 2 amide bonds. The zero-order valence-corrected chi connectivity index (χ0v) is 17.1. The fourth-order valence-electron chi connectivity index (χ4n) is 2.35. The predicted octanol–water partition coefficient (Wildman–Crippen LogP) is 3.55. The minimum Gasteiger partial charge on any atom is -0.326 e. The summed E-state index contributed by atoms with van der Waals surface area (Å²) in [5.74, 6) is -0.575. The molecule has 1 heterocycles. The summed E-state index contributed by atoms with van der Waals surface area (Å²) in [6.07, 6.45) is 1.14. The van der Waals surface area contributed by atoms with Gasteiger partial charge in [0, 0.05) is 23.4 Å². The predicted molar refractivity (Wildman–Crippen MR) is 111 cm³/mol. The van der Waals surface area contributed by atoms with Gasteiger partial charge in [0.2, 0.25) is 5.91 Å². The Morgan fingerprint density at radius 3 is 2.32 bits per heavy atom. The van der Waals surface area contributed by atoms with Crippen molar-refractivity contribution in [1.82, 2.24) is 4.98 Å². The van der Waals surface area contributed by atoms with E-state index < -0.39 is 9.84 Å². The quantitative estimate of drug-likeness (QED) is 0.660. The van der Waals surface area contributed by atoms with Crippen LogP contribution in [0.1, 0.15) is 24.2 Å². The van der Waals surface area contributed by atoms with Crippen molar-refractivity contribution in [2.45, 2.75) is 18.7 Å². The Kier molecular flexibility index (Phi) is 5.48. The van der Waals surface area contributed by atoms with Crippen molar-refractivity contribution in [1.29, 1.82) is 0 Å². The van der Waals surface area contributed by atoms with E-state index in [9.17, 15) is 18.0 Å². The molecular weight excluding hydrogens is 398 g/mol. The Morgan fingerprint density at radius 2 is 1.71 bits per heavy atom. The SMILES string of the molecule is CC(C)C(=O)Nc1ccc(C(=O)Nc2nc3ccc(S(C)(=O)=O)cc3s2)cc1. The normalized spacial score (nSPS) is 11.6. The maximum absolute atomic E-state index is 12.4. The van der Waals surface area contributed by atoms with E-state index in [2.05, 4.69) is 15.6 Å². The Bertz CT molecular complexity index is 1150. The first kappa shape index (κ1) is 20.0. The van der Waals surface area contributed by atoms with Crippen molar-refractivity contribution >= 4 is 54.0 Å². The van der Waals surface area contributed by atoms with Gasteiger partial charge in [-0.2, -0.15) is 0 Å². The van der Waals surface area contributed by atoms with Crippen LogP contribution in [0.5, 0.6) is 0 Å². The Morgan fingerprint density at radius 1 is 1.04 bits per heavy atom. The molecule has 2 N–H and O–H groups in total. The molecule has 0 spiro atoms. The van der Waals surface area contributed by atoms with Crippen LogP contribution in [0.3, 0.4) is 0 Å². The summed E-state index contributed by atoms with van der Waals surface area (Å²) >= 11 is 1.20. The van der Waals surface area contributed by atoms with Gasteiger partial charge < -0.3 is 5.32 Å². The Labute approximate surface area is 166 Å². The zero-order chi connectivity index (χ0) is 20.5. The number of benzene rings is 2. The molecular formula is C19H19N3O4S2. The zero-order valence-electron chi connectivity index (χ0n) is 15.5. The molecule has 0 fully saturated rings. The average molecular weight is 418 g/mol. The van der Waals surface area contributed by atoms with Gasteiger partial charge in [-0.25, -0.2) is 13.4 Å². The van der Waals surface area contributed by atoms with Crippen LogP contribution in [-0.4, -0.2) is 31.5 Å². The van der Waals surface area contributed by atoms with E-state index in [0.29, 0.717) is 26.6 Å². The third-order valence-corrected chi connectivity index (χ3v) is 5.99. The summed E-state index contributed by atoms with van der Waals surface area (Å²) < 4.78 is 24.0. The molecule has 7 nitrogen and oxygen atoms in total. The lowest BCUT2D eigenvalue weighted by molar-refractivity contribution is -0.118. The highest BCUT2D eigenvalue weighted by molar-refractivity contribution is 7.90. The van der Waals surface area contributed by atoms with Gasteiger partial charge in [0.05, 0.1) is 15.1 Å². The molecule has 1 aromatic heterocycles. The molecule has 9 heteroatoms. The molecule has 3 aromatic rings. The summed E-state index contributed by atoms with van der Waals surface area (Å²) in [4.78, 5) is 28.7. The molecule has 28 heavy (non-hydrogen) atoms. The lowest BCUT2D eigenvalue weighted by atomic mass is 10.1. The van der Waals surface area contributed by atoms with E-state index in [1.54, 1.807) is 50.2 Å². The van der Waals surface area contributed by atoms with Crippen LogP contribution in [0.25, 0.3) is 10.2 Å². The summed E-state index contributed by atoms with van der Waals surface area (Å²) in [6, 6.07) is 11.2. The molecule has 0 aliphatic rings. The number of aromatic nitrogens is 1. The van der Waals surface area contributed by atoms with E-state index in [4.69, 9.17) is 0 Å². The average Bonchev–Trinajstić information content (AvgIpc) is 3.02. The molecule has 0 aliphatic carbocycles. The van der Waals surface area contributed by atoms with Gasteiger partial charge in [0.1, 0.15) is 0 Å². The summed E-state index contributed by atoms with van der Waals surface area (Å²) in [5.41, 5.74) is 1.64. The minimum atomic E-state index is -3.31. The van der Waals surface area contributed by atoms with Crippen LogP contribution in [0.15, 0.2) is 47.4 Å². The number of nitrogens with zero attached hydrogens (tertiary/aromatic N) is 1. The van der Waals surface area contributed by atoms with Crippen LogP contribution in [0.4, 0.5) is 10.8 Å². The molecule has 2 aromatic carbocycles. The standard InChI is InChI=1S/C19H19N3O4S2/c1-11(2)17(23)20-13-6-4-12(5-7-13)18(24)22-19-21-15-9-8-14(28(3,25)26)10-16(15)27-19/h4-11H,1-3H3,(H,20,23)(H,21,22,24). The largest absolute Gasteiger partial charge is 0.326 e. The highest BCUT2D eigenvalue weighted by Crippen LogP contribution is 2.28. The van der Waals surface area contributed by atoms with Crippen LogP contribution >= 0.6 is 11.3 Å². The van der Waals surface area contributed by atoms with Crippen LogP contribution < -0.4 is 10.6 Å². The first-order valence-electron chi connectivity index (χ1n) is 8.46. The molecule has 0 saturated carbocycles. The smallest absolute Gasteiger partial charge is 0.257 e. The molecule has 0 aliphatic heterocycles. The number of carbonyl (C=O) groups excluding carboxylic acids is 2. The fraction of sp³-hybridized carbons (Fsp3) is 0.211. The van der Waals surface area contributed by atoms with E-state index in [1.807, 2.05) is 0 Å². The highest BCUT2D eigenvalue weighted by atomic mass is 32.2. The van der Waals surface area contributed by atoms with Gasteiger partial charge in [-0.1, -0.05) is 25.2 Å². The van der Waals surface area contributed by atoms with E-state index >= 15 is 0 Å². The van der Waals surface area contributed by atoms with Gasteiger partial charge >= 0.3 is 0 Å². The molecule has 0 saturated heterocycles. The van der Waals surface area contributed by atoms with Gasteiger partial charge in [-0.15, -0.1) is 0 Å². The third-order valence-electron chi connectivity index (χ3n) is 3.95. The van der Waals surface area contributed by atoms with Crippen molar-refractivity contribution < 1.29 is 18.0 Å². The summed E-state index contributed by atoms with van der Waals surface area (Å²) in [6.45, 7) is 3.60. The number of nitrogens with one attached hydrogen (secondary N) is 2. The number of amides is 2. The lowest BCUT2D eigenvalue weighted by Gasteiger charge is -2.08. The Balaban J connectivity index is 1.74. The van der Waals surface area contributed by atoms with Gasteiger partial charge in [-0.05, 0) is 42.5 Å². The number of hydrogen-bond donors (Lipinski definition) is 2. The first-order valence-corrected chi connectivity index (χ1v) is 11.2. The second kappa shape index (κ2) is 7.69. The van der Waals surface area contributed by atoms with Crippen molar-refractivity contribution in [3.05, 3.63) is 48.0 Å². The molecule has 3 rings (SSSR count). The highest BCUT2D eigenvalue weighted by Gasteiger charge is 2.13. The van der Waals surface area contributed by atoms with Crippen molar-refractivity contribution in [3.63, 3.8) is 0 Å². The lowest BCUT2D eigenvalue weighted by Crippen LogP contribution is -2.18. The molecule has 0 bridgehead atoms. The topological polar surface area (TPSA) is 105 Å². The maximum atomic E-state index is 12.4. The number of thiazole rings is 1. The monoisotopic (exact) mass is 417 g/mol. The second-order valence-corrected chi connectivity index (χ2v) is 9.64. The van der Waals surface area contributed by atoms with E-state index in [1.165, 1.54) is 17.4 Å². The number of sulfone groups is 1. The van der Waals surface area contributed by atoms with E-state index in [-0.39, 0.29) is 22.6 Å². The minimum absolute atomic E-state index is 0.0971. The van der Waals surface area contributed by atoms with Gasteiger partial charge in [0.15, 0.2) is 15.0 Å². The molecule has 0 unspecified atom stereocenters. The van der Waals surface area contributed by atoms with Crippen molar-refractivity contribution in [2.75, 3.05) is 16.9 Å². The van der Waals surface area contributed by atoms with Crippen LogP contribution in [0.2, 0.25) is 0 Å². The Hall–Kier alpha value is -2.78. The van der Waals surface area contributed by atoms with Crippen LogP contribution in [-0.2, 0) is 14.6 Å². The third kappa shape index (κ3) is 4.55. The summed E-state index contributed by atoms with van der Waals surface area (Å²) in [7, 11) is -3.31. The molecule has 0 radical (unpaired) electrons. The molecule has 0 atom stereocenters. The van der Waals surface area contributed by atoms with Crippen molar-refractivity contribution in [3.8, 4) is 0 Å². The van der Waals surface area contributed by atoms with E-state index in [0.717, 1.165) is 6.26 Å². The second-order valence-electron chi connectivity index (χ2n) is 6.60. The molecule has 146 valence electrons. The summed E-state index contributed by atoms with van der Waals surface area (Å²) in [5, 5.41) is 5.86. The number of hydrogen-bond acceptors (Lipinski definition) is 6. The number of rotatable bonds is 5. The first-order chi connectivity index (χ1) is 13.1. The number of fused-ring (bicyclic) bond motifs is 1. The number of anilines is 2. The van der Waals surface area contributed by atoms with Crippen molar-refractivity contribution in [2.24, 2.45) is 5.92 Å². The fourth-order valence-corrected chi connectivity index (χ4v) is 3.97. The number of carbonyl (C=O) groups is 2. The van der Waals surface area contributed by atoms with Gasteiger partial charge in [-0.3, -0.25) is 14.9 Å². The van der Waals surface area contributed by atoms with Crippen LogP contribution in [0, 0.1) is 5.92 Å². The van der Waals surface area contributed by atoms with Gasteiger partial charge in [0.25, 0.3) is 5.91 Å². The maximum Gasteiger partial charge on any atom is 0.257 e.